The second-order valence-corrected chi connectivity index (χ2v) is 3.57. The molecule has 0 radical (unpaired) electrons. The van der Waals surface area contributed by atoms with Gasteiger partial charge in [-0.1, -0.05) is 0 Å². The maximum absolute atomic E-state index is 5.60. The fourth-order valence-corrected chi connectivity index (χ4v) is 1.40. The van der Waals surface area contributed by atoms with Gasteiger partial charge in [0.25, 0.3) is 0 Å². The van der Waals surface area contributed by atoms with Crippen LogP contribution >= 0.6 is 0 Å². The predicted molar refractivity (Wildman–Crippen MR) is 63.8 cm³/mol. The Morgan fingerprint density at radius 1 is 1.29 bits per heavy atom. The van der Waals surface area contributed by atoms with Gasteiger partial charge < -0.3 is 24.4 Å². The summed E-state index contributed by atoms with van der Waals surface area (Å²) >= 11 is 0. The molecule has 0 spiro atoms. The lowest BCUT2D eigenvalue weighted by Gasteiger charge is -2.13. The zero-order valence-electron chi connectivity index (χ0n) is 10.3. The molecule has 17 heavy (non-hydrogen) atoms. The third kappa shape index (κ3) is 5.83. The third-order valence-corrected chi connectivity index (χ3v) is 2.26. The number of methoxy groups -OCH3 is 1. The highest BCUT2D eigenvalue weighted by Crippen LogP contribution is 2.15. The minimum Gasteiger partial charge on any atom is -0.467 e. The average molecular weight is 243 g/mol. The molecule has 0 saturated carbocycles. The van der Waals surface area contributed by atoms with Gasteiger partial charge in [-0.25, -0.2) is 0 Å². The first-order valence-electron chi connectivity index (χ1n) is 5.80. The van der Waals surface area contributed by atoms with E-state index in [9.17, 15) is 0 Å². The molecule has 0 aliphatic rings. The van der Waals surface area contributed by atoms with Crippen molar-refractivity contribution in [3.63, 3.8) is 0 Å². The lowest BCUT2D eigenvalue weighted by molar-refractivity contribution is -0.00396. The first-order chi connectivity index (χ1) is 8.38. The van der Waals surface area contributed by atoms with Gasteiger partial charge in [-0.2, -0.15) is 0 Å². The van der Waals surface area contributed by atoms with Crippen LogP contribution in [0.3, 0.4) is 0 Å². The molecule has 0 saturated heterocycles. The van der Waals surface area contributed by atoms with Gasteiger partial charge in [0.1, 0.15) is 11.9 Å². The molecule has 1 unspecified atom stereocenters. The van der Waals surface area contributed by atoms with Gasteiger partial charge in [-0.15, -0.1) is 0 Å². The molecule has 5 nitrogen and oxygen atoms in total. The fraction of sp³-hybridized carbons (Fsp3) is 0.667. The van der Waals surface area contributed by atoms with Crippen molar-refractivity contribution < 1.29 is 18.6 Å². The summed E-state index contributed by atoms with van der Waals surface area (Å²) in [5.74, 6) is 0.756. The average Bonchev–Trinajstić information content (AvgIpc) is 2.86. The van der Waals surface area contributed by atoms with Gasteiger partial charge in [-0.3, -0.25) is 0 Å². The van der Waals surface area contributed by atoms with Crippen molar-refractivity contribution in [2.24, 2.45) is 5.73 Å². The number of hydrogen-bond acceptors (Lipinski definition) is 5. The molecule has 0 bridgehead atoms. The van der Waals surface area contributed by atoms with Gasteiger partial charge in [0.2, 0.25) is 0 Å². The Kier molecular flexibility index (Phi) is 7.66. The second-order valence-electron chi connectivity index (χ2n) is 3.57. The SMILES string of the molecule is COCCCOCCOC(CN)c1ccco1. The zero-order chi connectivity index (χ0) is 12.3. The van der Waals surface area contributed by atoms with E-state index < -0.39 is 0 Å². The van der Waals surface area contributed by atoms with Crippen LogP contribution in [0.2, 0.25) is 0 Å². The largest absolute Gasteiger partial charge is 0.467 e. The molecule has 98 valence electrons. The molecular weight excluding hydrogens is 222 g/mol. The maximum atomic E-state index is 5.60. The minimum absolute atomic E-state index is 0.187. The molecule has 1 rings (SSSR count). The van der Waals surface area contributed by atoms with E-state index in [0.717, 1.165) is 18.8 Å². The van der Waals surface area contributed by atoms with E-state index in [4.69, 9.17) is 24.4 Å². The van der Waals surface area contributed by atoms with Crippen molar-refractivity contribution in [3.8, 4) is 0 Å². The normalized spacial score (nSPS) is 12.8. The van der Waals surface area contributed by atoms with Crippen LogP contribution in [0.1, 0.15) is 18.3 Å². The molecule has 2 N–H and O–H groups in total. The number of hydrogen-bond donors (Lipinski definition) is 1. The summed E-state index contributed by atoms with van der Waals surface area (Å²) in [5, 5.41) is 0. The second kappa shape index (κ2) is 9.18. The van der Waals surface area contributed by atoms with Crippen LogP contribution in [0.25, 0.3) is 0 Å². The predicted octanol–water partition coefficient (Wildman–Crippen LogP) is 1.35. The molecule has 1 aromatic heterocycles. The van der Waals surface area contributed by atoms with Crippen LogP contribution in [0.15, 0.2) is 22.8 Å². The summed E-state index contributed by atoms with van der Waals surface area (Å²) in [6, 6.07) is 3.68. The molecular formula is C12H21NO4. The first kappa shape index (κ1) is 14.2. The number of ether oxygens (including phenoxy) is 3. The zero-order valence-corrected chi connectivity index (χ0v) is 10.3. The van der Waals surface area contributed by atoms with Crippen molar-refractivity contribution in [3.05, 3.63) is 24.2 Å². The molecule has 0 amide bonds. The molecule has 0 fully saturated rings. The van der Waals surface area contributed by atoms with Crippen LogP contribution in [-0.4, -0.2) is 40.1 Å². The number of furan rings is 1. The topological polar surface area (TPSA) is 66.8 Å². The quantitative estimate of drug-likeness (QED) is 0.628. The van der Waals surface area contributed by atoms with E-state index in [1.54, 1.807) is 13.4 Å². The standard InChI is InChI=1S/C12H21NO4/c1-14-5-3-6-15-8-9-17-12(10-13)11-4-2-7-16-11/h2,4,7,12H,3,5-6,8-10,13H2,1H3. The van der Waals surface area contributed by atoms with Crippen molar-refractivity contribution in [1.29, 1.82) is 0 Å². The molecule has 1 heterocycles. The Labute approximate surface area is 102 Å². The minimum atomic E-state index is -0.187. The molecule has 1 atom stereocenters. The highest BCUT2D eigenvalue weighted by molar-refractivity contribution is 5.02. The molecule has 0 aromatic carbocycles. The van der Waals surface area contributed by atoms with E-state index in [1.807, 2.05) is 12.1 Å². The van der Waals surface area contributed by atoms with Crippen LogP contribution in [-0.2, 0) is 14.2 Å². The van der Waals surface area contributed by atoms with Crippen molar-refractivity contribution in [2.45, 2.75) is 12.5 Å². The molecule has 0 aliphatic carbocycles. The van der Waals surface area contributed by atoms with Gasteiger partial charge in [0.15, 0.2) is 0 Å². The van der Waals surface area contributed by atoms with Gasteiger partial charge in [0.05, 0.1) is 19.5 Å². The summed E-state index contributed by atoms with van der Waals surface area (Å²) in [6.45, 7) is 2.87. The number of rotatable bonds is 10. The van der Waals surface area contributed by atoms with Crippen LogP contribution < -0.4 is 5.73 Å². The summed E-state index contributed by atoms with van der Waals surface area (Å²) in [5.41, 5.74) is 5.60. The van der Waals surface area contributed by atoms with Gasteiger partial charge in [-0.05, 0) is 18.6 Å². The Balaban J connectivity index is 2.04. The van der Waals surface area contributed by atoms with Crippen LogP contribution in [0.4, 0.5) is 0 Å². The molecule has 1 aromatic rings. The fourth-order valence-electron chi connectivity index (χ4n) is 1.40. The van der Waals surface area contributed by atoms with Crippen molar-refractivity contribution in [1.82, 2.24) is 0 Å². The summed E-state index contributed by atoms with van der Waals surface area (Å²) < 4.78 is 21.1. The first-order valence-corrected chi connectivity index (χ1v) is 5.80. The summed E-state index contributed by atoms with van der Waals surface area (Å²) in [6.07, 6.45) is 2.32. The summed E-state index contributed by atoms with van der Waals surface area (Å²) in [7, 11) is 1.68. The van der Waals surface area contributed by atoms with E-state index >= 15 is 0 Å². The van der Waals surface area contributed by atoms with Gasteiger partial charge in [0, 0.05) is 26.9 Å². The summed E-state index contributed by atoms with van der Waals surface area (Å²) in [4.78, 5) is 0. The van der Waals surface area contributed by atoms with E-state index in [2.05, 4.69) is 0 Å². The van der Waals surface area contributed by atoms with Crippen LogP contribution in [0, 0.1) is 0 Å². The highest BCUT2D eigenvalue weighted by atomic mass is 16.5. The van der Waals surface area contributed by atoms with Crippen molar-refractivity contribution in [2.75, 3.05) is 40.1 Å². The maximum Gasteiger partial charge on any atom is 0.133 e. The Morgan fingerprint density at radius 3 is 2.82 bits per heavy atom. The lowest BCUT2D eigenvalue weighted by Crippen LogP contribution is -2.18. The smallest absolute Gasteiger partial charge is 0.133 e. The van der Waals surface area contributed by atoms with E-state index in [0.29, 0.717) is 26.4 Å². The lowest BCUT2D eigenvalue weighted by atomic mass is 10.3. The third-order valence-electron chi connectivity index (χ3n) is 2.26. The van der Waals surface area contributed by atoms with E-state index in [1.165, 1.54) is 0 Å². The van der Waals surface area contributed by atoms with Gasteiger partial charge >= 0.3 is 0 Å². The highest BCUT2D eigenvalue weighted by Gasteiger charge is 2.12. The molecule has 0 aliphatic heterocycles. The Hall–Kier alpha value is -0.880. The van der Waals surface area contributed by atoms with E-state index in [-0.39, 0.29) is 6.10 Å². The van der Waals surface area contributed by atoms with Crippen molar-refractivity contribution >= 4 is 0 Å². The van der Waals surface area contributed by atoms with Crippen LogP contribution in [0.5, 0.6) is 0 Å². The Morgan fingerprint density at radius 2 is 2.18 bits per heavy atom. The Bertz CT molecular complexity index is 263. The molecule has 5 heteroatoms. The number of nitrogens with two attached hydrogens (primary N) is 1. The monoisotopic (exact) mass is 243 g/mol.